The first-order valence-electron chi connectivity index (χ1n) is 4.23. The normalized spacial score (nSPS) is 20.6. The van der Waals surface area contributed by atoms with Crippen molar-refractivity contribution in [1.29, 1.82) is 0 Å². The van der Waals surface area contributed by atoms with Crippen molar-refractivity contribution in [3.8, 4) is 0 Å². The monoisotopic (exact) mass is 189 g/mol. The highest BCUT2D eigenvalue weighted by atomic mass is 32.2. The molecule has 1 fully saturated rings. The van der Waals surface area contributed by atoms with Crippen molar-refractivity contribution in [2.75, 3.05) is 24.6 Å². The van der Waals surface area contributed by atoms with Gasteiger partial charge in [-0.1, -0.05) is 13.8 Å². The summed E-state index contributed by atoms with van der Waals surface area (Å²) < 4.78 is 0. The van der Waals surface area contributed by atoms with E-state index in [2.05, 4.69) is 0 Å². The molecule has 70 valence electrons. The fourth-order valence-corrected chi connectivity index (χ4v) is 2.77. The minimum absolute atomic E-state index is 0.547. The maximum Gasteiger partial charge on any atom is 0.325 e. The fourth-order valence-electron chi connectivity index (χ4n) is 1.57. The lowest BCUT2D eigenvalue weighted by molar-refractivity contribution is -0.149. The van der Waals surface area contributed by atoms with E-state index < -0.39 is 11.5 Å². The Morgan fingerprint density at radius 1 is 1.50 bits per heavy atom. The van der Waals surface area contributed by atoms with Gasteiger partial charge in [0.2, 0.25) is 0 Å². The van der Waals surface area contributed by atoms with Gasteiger partial charge in [-0.25, -0.2) is 0 Å². The highest BCUT2D eigenvalue weighted by Crippen LogP contribution is 2.35. The van der Waals surface area contributed by atoms with Crippen LogP contribution in [0.15, 0.2) is 0 Å². The van der Waals surface area contributed by atoms with Crippen molar-refractivity contribution in [2.45, 2.75) is 19.4 Å². The number of likely N-dealkylation sites (N-methyl/N-ethyl adjacent to an activating group) is 1. The third-order valence-electron chi connectivity index (χ3n) is 2.45. The van der Waals surface area contributed by atoms with E-state index in [-0.39, 0.29) is 0 Å². The van der Waals surface area contributed by atoms with E-state index in [9.17, 15) is 4.79 Å². The number of aliphatic carboxylic acids is 1. The van der Waals surface area contributed by atoms with Gasteiger partial charge in [0, 0.05) is 11.5 Å². The van der Waals surface area contributed by atoms with E-state index in [4.69, 9.17) is 5.11 Å². The molecule has 0 saturated carbocycles. The van der Waals surface area contributed by atoms with Gasteiger partial charge < -0.3 is 5.11 Å². The van der Waals surface area contributed by atoms with Gasteiger partial charge in [0.05, 0.1) is 0 Å². The number of thioether (sulfide) groups is 1. The van der Waals surface area contributed by atoms with E-state index in [1.54, 1.807) is 11.8 Å². The Labute approximate surface area is 77.1 Å². The molecular weight excluding hydrogens is 174 g/mol. The van der Waals surface area contributed by atoms with Crippen LogP contribution in [0.2, 0.25) is 0 Å². The molecular formula is C8H15NO2S. The largest absolute Gasteiger partial charge is 0.480 e. The molecule has 0 aromatic carbocycles. The second kappa shape index (κ2) is 3.66. The fraction of sp³-hybridized carbons (Fsp3) is 0.875. The van der Waals surface area contributed by atoms with Crippen LogP contribution in [-0.2, 0) is 4.79 Å². The summed E-state index contributed by atoms with van der Waals surface area (Å²) in [7, 11) is 0. The first-order chi connectivity index (χ1) is 5.67. The lowest BCUT2D eigenvalue weighted by Crippen LogP contribution is -2.63. The summed E-state index contributed by atoms with van der Waals surface area (Å²) in [6.45, 7) is 5.67. The predicted molar refractivity (Wildman–Crippen MR) is 50.6 cm³/mol. The number of hydrogen-bond donors (Lipinski definition) is 1. The van der Waals surface area contributed by atoms with Gasteiger partial charge in [-0.15, -0.1) is 0 Å². The van der Waals surface area contributed by atoms with Gasteiger partial charge in [-0.3, -0.25) is 9.69 Å². The summed E-state index contributed by atoms with van der Waals surface area (Å²) in [6, 6.07) is 0. The molecule has 0 aliphatic carbocycles. The Morgan fingerprint density at radius 3 is 2.08 bits per heavy atom. The minimum Gasteiger partial charge on any atom is -0.480 e. The lowest BCUT2D eigenvalue weighted by atomic mass is 10.0. The number of rotatable bonds is 4. The van der Waals surface area contributed by atoms with Crippen molar-refractivity contribution < 1.29 is 9.90 Å². The molecule has 0 unspecified atom stereocenters. The maximum atomic E-state index is 11.0. The van der Waals surface area contributed by atoms with Crippen LogP contribution in [0.5, 0.6) is 0 Å². The SMILES string of the molecule is CCN(CC)C1(C(=O)O)CSC1. The van der Waals surface area contributed by atoms with Crippen molar-refractivity contribution in [3.63, 3.8) is 0 Å². The van der Waals surface area contributed by atoms with Crippen molar-refractivity contribution in [3.05, 3.63) is 0 Å². The molecule has 0 radical (unpaired) electrons. The summed E-state index contributed by atoms with van der Waals surface area (Å²) in [5.74, 6) is 0.818. The Bertz CT molecular complexity index is 176. The van der Waals surface area contributed by atoms with Gasteiger partial charge in [0.1, 0.15) is 5.54 Å². The van der Waals surface area contributed by atoms with Crippen molar-refractivity contribution in [2.24, 2.45) is 0 Å². The van der Waals surface area contributed by atoms with Crippen LogP contribution in [0.3, 0.4) is 0 Å². The van der Waals surface area contributed by atoms with Crippen LogP contribution in [-0.4, -0.2) is 46.1 Å². The minimum atomic E-state index is -0.662. The van der Waals surface area contributed by atoms with Gasteiger partial charge in [-0.2, -0.15) is 11.8 Å². The smallest absolute Gasteiger partial charge is 0.325 e. The Hall–Kier alpha value is -0.220. The number of carboxylic acids is 1. The van der Waals surface area contributed by atoms with E-state index in [0.29, 0.717) is 0 Å². The summed E-state index contributed by atoms with van der Waals surface area (Å²) >= 11 is 1.71. The average molecular weight is 189 g/mol. The Morgan fingerprint density at radius 2 is 2.00 bits per heavy atom. The molecule has 0 atom stereocenters. The standard InChI is InChI=1S/C8H15NO2S/c1-3-9(4-2)8(7(10)11)5-12-6-8/h3-6H2,1-2H3,(H,10,11). The number of hydrogen-bond acceptors (Lipinski definition) is 3. The third-order valence-corrected chi connectivity index (χ3v) is 3.81. The molecule has 0 amide bonds. The Balaban J connectivity index is 2.71. The summed E-state index contributed by atoms with van der Waals surface area (Å²) in [4.78, 5) is 13.0. The van der Waals surface area contributed by atoms with Crippen LogP contribution in [0.1, 0.15) is 13.8 Å². The second-order valence-corrected chi connectivity index (χ2v) is 3.99. The highest BCUT2D eigenvalue weighted by Gasteiger charge is 2.49. The van der Waals surface area contributed by atoms with E-state index in [1.807, 2.05) is 18.7 Å². The van der Waals surface area contributed by atoms with Crippen LogP contribution >= 0.6 is 11.8 Å². The van der Waals surface area contributed by atoms with Gasteiger partial charge in [-0.05, 0) is 13.1 Å². The number of carbonyl (C=O) groups is 1. The van der Waals surface area contributed by atoms with E-state index >= 15 is 0 Å². The molecule has 0 bridgehead atoms. The molecule has 1 N–H and O–H groups in total. The maximum absolute atomic E-state index is 11.0. The molecule has 1 rings (SSSR count). The molecule has 1 saturated heterocycles. The van der Waals surface area contributed by atoms with Crippen LogP contribution in [0, 0.1) is 0 Å². The van der Waals surface area contributed by atoms with Crippen LogP contribution < -0.4 is 0 Å². The average Bonchev–Trinajstić information content (AvgIpc) is 1.95. The summed E-state index contributed by atoms with van der Waals surface area (Å²) in [5.41, 5.74) is -0.547. The first-order valence-corrected chi connectivity index (χ1v) is 5.39. The van der Waals surface area contributed by atoms with Crippen molar-refractivity contribution in [1.82, 2.24) is 4.90 Å². The highest BCUT2D eigenvalue weighted by molar-refractivity contribution is 8.01. The van der Waals surface area contributed by atoms with Crippen LogP contribution in [0.4, 0.5) is 0 Å². The summed E-state index contributed by atoms with van der Waals surface area (Å²) in [5, 5.41) is 9.06. The first kappa shape index (κ1) is 9.86. The predicted octanol–water partition coefficient (Wildman–Crippen LogP) is 0.898. The second-order valence-electron chi connectivity index (χ2n) is 3.00. The topological polar surface area (TPSA) is 40.5 Å². The van der Waals surface area contributed by atoms with Crippen molar-refractivity contribution >= 4 is 17.7 Å². The van der Waals surface area contributed by atoms with Gasteiger partial charge in [0.15, 0.2) is 0 Å². The zero-order valence-corrected chi connectivity index (χ0v) is 8.36. The molecule has 0 aromatic rings. The lowest BCUT2D eigenvalue weighted by Gasteiger charge is -2.45. The molecule has 12 heavy (non-hydrogen) atoms. The molecule has 0 spiro atoms. The van der Waals surface area contributed by atoms with Gasteiger partial charge >= 0.3 is 5.97 Å². The van der Waals surface area contributed by atoms with E-state index in [0.717, 1.165) is 24.6 Å². The molecule has 3 nitrogen and oxygen atoms in total. The molecule has 1 aliphatic heterocycles. The Kier molecular flexibility index (Phi) is 3.01. The number of nitrogens with zero attached hydrogens (tertiary/aromatic N) is 1. The van der Waals surface area contributed by atoms with Crippen LogP contribution in [0.25, 0.3) is 0 Å². The molecule has 4 heteroatoms. The zero-order chi connectivity index (χ0) is 9.19. The third kappa shape index (κ3) is 1.33. The molecule has 0 aromatic heterocycles. The quantitative estimate of drug-likeness (QED) is 0.713. The molecule has 1 aliphatic rings. The zero-order valence-electron chi connectivity index (χ0n) is 7.54. The van der Waals surface area contributed by atoms with Gasteiger partial charge in [0.25, 0.3) is 0 Å². The summed E-state index contributed by atoms with van der Waals surface area (Å²) in [6.07, 6.45) is 0. The number of carboxylic acid groups (broad SMARTS) is 1. The molecule has 1 heterocycles. The van der Waals surface area contributed by atoms with E-state index in [1.165, 1.54) is 0 Å².